The molecule has 136 valence electrons. The van der Waals surface area contributed by atoms with Gasteiger partial charge in [-0.25, -0.2) is 4.39 Å². The molecule has 0 atom stereocenters. The average Bonchev–Trinajstić information content (AvgIpc) is 2.69. The maximum atomic E-state index is 12.9. The molecular weight excluding hydrogens is 349 g/mol. The number of carbonyl (C=O) groups excluding carboxylic acids is 2. The Hall–Kier alpha value is -3.67. The number of ketones is 1. The highest BCUT2D eigenvalue weighted by atomic mass is 19.1. The first-order valence-electron chi connectivity index (χ1n) is 8.13. The third-order valence-electron chi connectivity index (χ3n) is 3.74. The van der Waals surface area contributed by atoms with Gasteiger partial charge in [0.1, 0.15) is 17.3 Å². The van der Waals surface area contributed by atoms with Crippen LogP contribution in [0, 0.1) is 5.82 Å². The van der Waals surface area contributed by atoms with E-state index in [2.05, 4.69) is 5.32 Å². The summed E-state index contributed by atoms with van der Waals surface area (Å²) in [4.78, 5) is 24.2. The molecule has 0 aliphatic heterocycles. The van der Waals surface area contributed by atoms with E-state index < -0.39 is 5.82 Å². The minimum absolute atomic E-state index is 0.111. The fourth-order valence-corrected chi connectivity index (χ4v) is 2.36. The van der Waals surface area contributed by atoms with E-state index in [1.807, 2.05) is 0 Å². The van der Waals surface area contributed by atoms with Crippen LogP contribution in [0.1, 0.15) is 15.9 Å². The molecule has 3 rings (SSSR count). The van der Waals surface area contributed by atoms with Crippen molar-refractivity contribution in [3.63, 3.8) is 0 Å². The Morgan fingerprint density at radius 2 is 1.41 bits per heavy atom. The van der Waals surface area contributed by atoms with E-state index in [0.29, 0.717) is 22.6 Å². The molecule has 0 unspecified atom stereocenters. The maximum Gasteiger partial charge on any atom is 0.262 e. The monoisotopic (exact) mass is 365 g/mol. The van der Waals surface area contributed by atoms with Crippen LogP contribution in [0.15, 0.2) is 72.8 Å². The number of hydrogen-bond donors (Lipinski definition) is 2. The molecule has 2 N–H and O–H groups in total. The zero-order valence-electron chi connectivity index (χ0n) is 14.2. The van der Waals surface area contributed by atoms with Gasteiger partial charge in [0.2, 0.25) is 0 Å². The van der Waals surface area contributed by atoms with Crippen molar-refractivity contribution in [2.75, 3.05) is 11.9 Å². The van der Waals surface area contributed by atoms with Gasteiger partial charge >= 0.3 is 0 Å². The van der Waals surface area contributed by atoms with Crippen LogP contribution in [0.25, 0.3) is 0 Å². The van der Waals surface area contributed by atoms with Crippen LogP contribution in [0.3, 0.4) is 0 Å². The summed E-state index contributed by atoms with van der Waals surface area (Å²) in [5, 5.41) is 11.8. The van der Waals surface area contributed by atoms with E-state index in [1.54, 1.807) is 36.4 Å². The molecule has 6 heteroatoms. The largest absolute Gasteiger partial charge is 0.508 e. The van der Waals surface area contributed by atoms with Gasteiger partial charge in [0, 0.05) is 16.8 Å². The van der Waals surface area contributed by atoms with Gasteiger partial charge in [0.05, 0.1) is 0 Å². The summed E-state index contributed by atoms with van der Waals surface area (Å²) >= 11 is 0. The van der Waals surface area contributed by atoms with Crippen LogP contribution in [0.2, 0.25) is 0 Å². The summed E-state index contributed by atoms with van der Waals surface area (Å²) in [6, 6.07) is 17.7. The molecule has 3 aromatic carbocycles. The standard InChI is InChI=1S/C21H16FNO4/c22-16-5-1-14(2-6-16)21(26)15-3-11-19(12-4-15)27-13-20(25)23-17-7-9-18(24)10-8-17/h1-12,24H,13H2,(H,23,25). The van der Waals surface area contributed by atoms with E-state index in [9.17, 15) is 19.1 Å². The zero-order chi connectivity index (χ0) is 19.2. The average molecular weight is 365 g/mol. The second-order valence-corrected chi connectivity index (χ2v) is 5.74. The topological polar surface area (TPSA) is 75.6 Å². The van der Waals surface area contributed by atoms with Gasteiger partial charge < -0.3 is 15.2 Å². The Balaban J connectivity index is 1.55. The first-order valence-corrected chi connectivity index (χ1v) is 8.13. The molecule has 0 aliphatic rings. The van der Waals surface area contributed by atoms with Crippen LogP contribution >= 0.6 is 0 Å². The van der Waals surface area contributed by atoms with Gasteiger partial charge in [-0.3, -0.25) is 9.59 Å². The van der Waals surface area contributed by atoms with E-state index in [-0.39, 0.29) is 24.0 Å². The molecule has 5 nitrogen and oxygen atoms in total. The summed E-state index contributed by atoms with van der Waals surface area (Å²) in [5.41, 5.74) is 1.36. The summed E-state index contributed by atoms with van der Waals surface area (Å²) < 4.78 is 18.3. The van der Waals surface area contributed by atoms with Crippen LogP contribution < -0.4 is 10.1 Å². The number of carbonyl (C=O) groups is 2. The third-order valence-corrected chi connectivity index (χ3v) is 3.74. The van der Waals surface area contributed by atoms with Crippen molar-refractivity contribution in [1.82, 2.24) is 0 Å². The Labute approximate surface area is 155 Å². The van der Waals surface area contributed by atoms with Crippen LogP contribution in [0.5, 0.6) is 11.5 Å². The Morgan fingerprint density at radius 3 is 2.00 bits per heavy atom. The summed E-state index contributed by atoms with van der Waals surface area (Å²) in [6.45, 7) is -0.202. The molecule has 1 amide bonds. The Bertz CT molecular complexity index is 935. The maximum absolute atomic E-state index is 12.9. The lowest BCUT2D eigenvalue weighted by Crippen LogP contribution is -2.20. The molecule has 0 radical (unpaired) electrons. The smallest absolute Gasteiger partial charge is 0.262 e. The number of nitrogens with one attached hydrogen (secondary N) is 1. The van der Waals surface area contributed by atoms with Crippen molar-refractivity contribution in [2.45, 2.75) is 0 Å². The van der Waals surface area contributed by atoms with Crippen molar-refractivity contribution in [3.8, 4) is 11.5 Å². The molecule has 0 heterocycles. The molecule has 0 aromatic heterocycles. The fraction of sp³-hybridized carbons (Fsp3) is 0.0476. The first kappa shape index (κ1) is 18.1. The lowest BCUT2D eigenvalue weighted by Gasteiger charge is -2.08. The number of benzene rings is 3. The number of ether oxygens (including phenoxy) is 1. The molecule has 3 aromatic rings. The number of amides is 1. The predicted molar refractivity (Wildman–Crippen MR) is 98.5 cm³/mol. The van der Waals surface area contributed by atoms with Crippen molar-refractivity contribution >= 4 is 17.4 Å². The van der Waals surface area contributed by atoms with Crippen molar-refractivity contribution in [2.24, 2.45) is 0 Å². The zero-order valence-corrected chi connectivity index (χ0v) is 14.2. The van der Waals surface area contributed by atoms with Crippen molar-refractivity contribution in [1.29, 1.82) is 0 Å². The molecule has 0 aliphatic carbocycles. The lowest BCUT2D eigenvalue weighted by molar-refractivity contribution is -0.118. The molecule has 0 saturated carbocycles. The summed E-state index contributed by atoms with van der Waals surface area (Å²) in [5.74, 6) is -0.439. The normalized spacial score (nSPS) is 10.3. The Kier molecular flexibility index (Phi) is 5.47. The SMILES string of the molecule is O=C(COc1ccc(C(=O)c2ccc(F)cc2)cc1)Nc1ccc(O)cc1. The van der Waals surface area contributed by atoms with E-state index in [0.717, 1.165) is 0 Å². The summed E-state index contributed by atoms with van der Waals surface area (Å²) in [7, 11) is 0. The minimum Gasteiger partial charge on any atom is -0.508 e. The van der Waals surface area contributed by atoms with Gasteiger partial charge in [-0.1, -0.05) is 0 Å². The third kappa shape index (κ3) is 4.92. The predicted octanol–water partition coefficient (Wildman–Crippen LogP) is 3.78. The van der Waals surface area contributed by atoms with E-state index >= 15 is 0 Å². The molecule has 0 bridgehead atoms. The van der Waals surface area contributed by atoms with Crippen molar-refractivity contribution < 1.29 is 23.8 Å². The Morgan fingerprint density at radius 1 is 0.852 bits per heavy atom. The molecule has 0 fully saturated rings. The fourth-order valence-electron chi connectivity index (χ4n) is 2.36. The second-order valence-electron chi connectivity index (χ2n) is 5.74. The van der Waals surface area contributed by atoms with E-state index in [1.165, 1.54) is 36.4 Å². The van der Waals surface area contributed by atoms with Gasteiger partial charge in [-0.15, -0.1) is 0 Å². The van der Waals surface area contributed by atoms with Gasteiger partial charge in [-0.2, -0.15) is 0 Å². The molecule has 0 spiro atoms. The number of phenolic OH excluding ortho intramolecular Hbond substituents is 1. The molecular formula is C21H16FNO4. The highest BCUT2D eigenvalue weighted by Gasteiger charge is 2.10. The number of rotatable bonds is 6. The number of halogens is 1. The number of aromatic hydroxyl groups is 1. The summed E-state index contributed by atoms with van der Waals surface area (Å²) in [6.07, 6.45) is 0. The highest BCUT2D eigenvalue weighted by Crippen LogP contribution is 2.17. The van der Waals surface area contributed by atoms with Gasteiger partial charge in [0.15, 0.2) is 12.4 Å². The number of anilines is 1. The highest BCUT2D eigenvalue weighted by molar-refractivity contribution is 6.09. The van der Waals surface area contributed by atoms with Gasteiger partial charge in [-0.05, 0) is 72.8 Å². The van der Waals surface area contributed by atoms with Gasteiger partial charge in [0.25, 0.3) is 5.91 Å². The second kappa shape index (κ2) is 8.14. The number of hydrogen-bond acceptors (Lipinski definition) is 4. The quantitative estimate of drug-likeness (QED) is 0.515. The van der Waals surface area contributed by atoms with Crippen LogP contribution in [0.4, 0.5) is 10.1 Å². The molecule has 27 heavy (non-hydrogen) atoms. The number of phenols is 1. The van der Waals surface area contributed by atoms with E-state index in [4.69, 9.17) is 4.74 Å². The van der Waals surface area contributed by atoms with Crippen molar-refractivity contribution in [3.05, 3.63) is 89.7 Å². The molecule has 0 saturated heterocycles. The van der Waals surface area contributed by atoms with Crippen LogP contribution in [-0.2, 0) is 4.79 Å². The first-order chi connectivity index (χ1) is 13.0. The minimum atomic E-state index is -0.402. The van der Waals surface area contributed by atoms with Crippen LogP contribution in [-0.4, -0.2) is 23.4 Å². The lowest BCUT2D eigenvalue weighted by atomic mass is 10.0.